The molecule has 0 aliphatic heterocycles. The Morgan fingerprint density at radius 1 is 1.26 bits per heavy atom. The number of aromatic hydroxyl groups is 1. The zero-order chi connectivity index (χ0) is 13.8. The van der Waals surface area contributed by atoms with E-state index in [2.05, 4.69) is 0 Å². The van der Waals surface area contributed by atoms with Crippen LogP contribution in [-0.4, -0.2) is 28.9 Å². The van der Waals surface area contributed by atoms with E-state index < -0.39 is 5.78 Å². The molecule has 0 fully saturated rings. The Morgan fingerprint density at radius 2 is 2.00 bits per heavy atom. The van der Waals surface area contributed by atoms with Crippen molar-refractivity contribution in [2.24, 2.45) is 0 Å². The van der Waals surface area contributed by atoms with Crippen molar-refractivity contribution in [2.75, 3.05) is 6.61 Å². The van der Waals surface area contributed by atoms with Crippen LogP contribution >= 0.6 is 0 Å². The predicted molar refractivity (Wildman–Crippen MR) is 71.4 cm³/mol. The first-order chi connectivity index (χ1) is 9.19. The number of phenolic OH excluding ortho intramolecular Hbond substituents is 1. The third-order valence-corrected chi connectivity index (χ3v) is 3.07. The highest BCUT2D eigenvalue weighted by Crippen LogP contribution is 2.31. The molecule has 0 saturated heterocycles. The van der Waals surface area contributed by atoms with E-state index in [1.807, 2.05) is 0 Å². The molecule has 0 aliphatic carbocycles. The fourth-order valence-electron chi connectivity index (χ4n) is 2.22. The number of hydrogen-bond donors (Lipinski definition) is 2. The highest BCUT2D eigenvalue weighted by Gasteiger charge is 2.18. The van der Waals surface area contributed by atoms with E-state index in [-0.39, 0.29) is 24.2 Å². The van der Waals surface area contributed by atoms with Crippen LogP contribution in [0.5, 0.6) is 5.75 Å². The molecule has 2 N–H and O–H groups in total. The number of carbonyl (C=O) groups is 2. The van der Waals surface area contributed by atoms with E-state index in [9.17, 15) is 14.7 Å². The van der Waals surface area contributed by atoms with Crippen molar-refractivity contribution in [3.05, 3.63) is 41.5 Å². The summed E-state index contributed by atoms with van der Waals surface area (Å²) in [5, 5.41) is 20.2. The van der Waals surface area contributed by atoms with Crippen LogP contribution in [-0.2, 0) is 11.2 Å². The largest absolute Gasteiger partial charge is 0.508 e. The summed E-state index contributed by atoms with van der Waals surface area (Å²) in [7, 11) is 0. The highest BCUT2D eigenvalue weighted by molar-refractivity contribution is 6.37. The first-order valence-corrected chi connectivity index (χ1v) is 6.03. The third kappa shape index (κ3) is 2.48. The minimum Gasteiger partial charge on any atom is -0.508 e. The van der Waals surface area contributed by atoms with Gasteiger partial charge in [-0.05, 0) is 29.7 Å². The van der Waals surface area contributed by atoms with Gasteiger partial charge in [0.1, 0.15) is 5.75 Å². The summed E-state index contributed by atoms with van der Waals surface area (Å²) in [6.07, 6.45) is 1.02. The van der Waals surface area contributed by atoms with E-state index in [0.717, 1.165) is 0 Å². The fraction of sp³-hybridized carbons (Fsp3) is 0.200. The average molecular weight is 258 g/mol. The second-order valence-electron chi connectivity index (χ2n) is 4.28. The summed E-state index contributed by atoms with van der Waals surface area (Å²) in [6, 6.07) is 8.66. The number of benzene rings is 2. The predicted octanol–water partition coefficient (Wildman–Crippen LogP) is 1.85. The number of aliphatic hydroxyl groups excluding tert-OH is 1. The normalized spacial score (nSPS) is 10.6. The van der Waals surface area contributed by atoms with E-state index in [1.165, 1.54) is 0 Å². The maximum atomic E-state index is 11.8. The molecule has 0 unspecified atom stereocenters. The number of aldehydes is 1. The molecule has 0 heterocycles. The number of carbonyl (C=O) groups excluding carboxylic acids is 2. The molecule has 2 aromatic rings. The molecule has 0 radical (unpaired) electrons. The Labute approximate surface area is 110 Å². The average Bonchev–Trinajstić information content (AvgIpc) is 2.43. The minimum atomic E-state index is -0.653. The van der Waals surface area contributed by atoms with Crippen molar-refractivity contribution in [3.8, 4) is 5.75 Å². The van der Waals surface area contributed by atoms with Crippen LogP contribution in [0, 0.1) is 0 Å². The first kappa shape index (κ1) is 13.2. The summed E-state index contributed by atoms with van der Waals surface area (Å²) < 4.78 is 0. The SMILES string of the molecule is O=CC(=O)c1c(CCCO)c(O)cc2ccccc12. The van der Waals surface area contributed by atoms with Gasteiger partial charge in [-0.25, -0.2) is 0 Å². The highest BCUT2D eigenvalue weighted by atomic mass is 16.3. The molecular weight excluding hydrogens is 244 g/mol. The Bertz CT molecular complexity index is 631. The van der Waals surface area contributed by atoms with Gasteiger partial charge in [0, 0.05) is 17.7 Å². The van der Waals surface area contributed by atoms with Gasteiger partial charge in [-0.3, -0.25) is 9.59 Å². The van der Waals surface area contributed by atoms with Crippen LogP contribution in [0.25, 0.3) is 10.8 Å². The number of aliphatic hydroxyl groups is 1. The monoisotopic (exact) mass is 258 g/mol. The Hall–Kier alpha value is -2.20. The van der Waals surface area contributed by atoms with Crippen molar-refractivity contribution in [1.82, 2.24) is 0 Å². The molecule has 4 nitrogen and oxygen atoms in total. The molecule has 2 aromatic carbocycles. The molecule has 0 aromatic heterocycles. The van der Waals surface area contributed by atoms with E-state index in [4.69, 9.17) is 5.11 Å². The topological polar surface area (TPSA) is 74.6 Å². The lowest BCUT2D eigenvalue weighted by molar-refractivity contribution is -0.104. The molecule has 4 heteroatoms. The molecule has 98 valence electrons. The van der Waals surface area contributed by atoms with E-state index in [1.54, 1.807) is 30.3 Å². The molecule has 2 rings (SSSR count). The summed E-state index contributed by atoms with van der Waals surface area (Å²) >= 11 is 0. The van der Waals surface area contributed by atoms with Gasteiger partial charge in [-0.1, -0.05) is 24.3 Å². The van der Waals surface area contributed by atoms with Crippen molar-refractivity contribution < 1.29 is 19.8 Å². The number of rotatable bonds is 5. The zero-order valence-electron chi connectivity index (χ0n) is 10.3. The summed E-state index contributed by atoms with van der Waals surface area (Å²) in [5.74, 6) is -0.669. The maximum absolute atomic E-state index is 11.8. The lowest BCUT2D eigenvalue weighted by atomic mass is 9.93. The molecule has 0 spiro atoms. The van der Waals surface area contributed by atoms with Crippen LogP contribution in [0.4, 0.5) is 0 Å². The second-order valence-corrected chi connectivity index (χ2v) is 4.28. The summed E-state index contributed by atoms with van der Waals surface area (Å²) in [5.41, 5.74) is 0.656. The maximum Gasteiger partial charge on any atom is 0.226 e. The number of ketones is 1. The third-order valence-electron chi connectivity index (χ3n) is 3.07. The van der Waals surface area contributed by atoms with Gasteiger partial charge in [-0.2, -0.15) is 0 Å². The lowest BCUT2D eigenvalue weighted by Crippen LogP contribution is -2.07. The quantitative estimate of drug-likeness (QED) is 0.487. The van der Waals surface area contributed by atoms with Gasteiger partial charge in [0.25, 0.3) is 0 Å². The summed E-state index contributed by atoms with van der Waals surface area (Å²) in [4.78, 5) is 22.6. The number of Topliss-reactive ketones (excluding diaryl/α,β-unsaturated/α-hetero) is 1. The number of hydrogen-bond acceptors (Lipinski definition) is 4. The number of phenols is 1. The van der Waals surface area contributed by atoms with Gasteiger partial charge in [0.15, 0.2) is 6.29 Å². The fourth-order valence-corrected chi connectivity index (χ4v) is 2.22. The van der Waals surface area contributed by atoms with E-state index in [0.29, 0.717) is 29.2 Å². The number of fused-ring (bicyclic) bond motifs is 1. The van der Waals surface area contributed by atoms with Crippen molar-refractivity contribution in [3.63, 3.8) is 0 Å². The van der Waals surface area contributed by atoms with Gasteiger partial charge in [-0.15, -0.1) is 0 Å². The van der Waals surface area contributed by atoms with Crippen molar-refractivity contribution in [1.29, 1.82) is 0 Å². The van der Waals surface area contributed by atoms with Gasteiger partial charge in [0.05, 0.1) is 0 Å². The molecule has 19 heavy (non-hydrogen) atoms. The minimum absolute atomic E-state index is 0.0163. The molecule has 0 atom stereocenters. The second kappa shape index (κ2) is 5.63. The Morgan fingerprint density at radius 3 is 2.68 bits per heavy atom. The molecule has 0 aliphatic rings. The van der Waals surface area contributed by atoms with E-state index >= 15 is 0 Å². The first-order valence-electron chi connectivity index (χ1n) is 6.03. The van der Waals surface area contributed by atoms with Crippen LogP contribution in [0.15, 0.2) is 30.3 Å². The van der Waals surface area contributed by atoms with Crippen LogP contribution < -0.4 is 0 Å². The summed E-state index contributed by atoms with van der Waals surface area (Å²) in [6.45, 7) is -0.0407. The standard InChI is InChI=1S/C15H14O4/c16-7-3-6-12-13(18)8-10-4-1-2-5-11(10)15(12)14(19)9-17/h1-2,4-5,8-9,16,18H,3,6-7H2. The Kier molecular flexibility index (Phi) is 3.92. The van der Waals surface area contributed by atoms with Crippen LogP contribution in [0.1, 0.15) is 22.3 Å². The zero-order valence-corrected chi connectivity index (χ0v) is 10.3. The van der Waals surface area contributed by atoms with Crippen molar-refractivity contribution >= 4 is 22.8 Å². The molecule has 0 bridgehead atoms. The van der Waals surface area contributed by atoms with Gasteiger partial charge >= 0.3 is 0 Å². The Balaban J connectivity index is 2.73. The molecule has 0 saturated carbocycles. The molecule has 0 amide bonds. The van der Waals surface area contributed by atoms with Crippen molar-refractivity contribution in [2.45, 2.75) is 12.8 Å². The van der Waals surface area contributed by atoms with Crippen LogP contribution in [0.3, 0.4) is 0 Å². The lowest BCUT2D eigenvalue weighted by Gasteiger charge is -2.12. The van der Waals surface area contributed by atoms with Crippen LogP contribution in [0.2, 0.25) is 0 Å². The molecular formula is C15H14O4. The van der Waals surface area contributed by atoms with Gasteiger partial charge in [0.2, 0.25) is 5.78 Å². The van der Waals surface area contributed by atoms with Gasteiger partial charge < -0.3 is 10.2 Å². The smallest absolute Gasteiger partial charge is 0.226 e.